The van der Waals surface area contributed by atoms with Gasteiger partial charge in [0.05, 0.1) is 0 Å². The zero-order valence-corrected chi connectivity index (χ0v) is 17.3. The first-order valence-electron chi connectivity index (χ1n) is 10.1. The summed E-state index contributed by atoms with van der Waals surface area (Å²) in [5.74, 6) is -0.0403. The van der Waals surface area contributed by atoms with Crippen molar-refractivity contribution in [3.05, 3.63) is 82.9 Å². The molecule has 0 saturated heterocycles. The molecule has 5 rings (SSSR count). The van der Waals surface area contributed by atoms with Gasteiger partial charge in [-0.2, -0.15) is 0 Å². The highest BCUT2D eigenvalue weighted by Crippen LogP contribution is 2.51. The second kappa shape index (κ2) is 6.81. The van der Waals surface area contributed by atoms with E-state index >= 15 is 0 Å². The minimum absolute atomic E-state index is 0.000163. The van der Waals surface area contributed by atoms with Crippen LogP contribution in [0.1, 0.15) is 22.3 Å². The first-order chi connectivity index (χ1) is 14.8. The van der Waals surface area contributed by atoms with E-state index in [0.29, 0.717) is 17.5 Å². The van der Waals surface area contributed by atoms with Crippen LogP contribution >= 0.6 is 0 Å². The summed E-state index contributed by atoms with van der Waals surface area (Å²) in [5, 5.41) is 41.5. The SMILES string of the molecule is Cc1cc(O)cc(O)c1-c1ccc2c(c1-c1c(C)cc(O)cc1O)Cc1ccccc1-2. The fourth-order valence-electron chi connectivity index (χ4n) is 4.88. The highest BCUT2D eigenvalue weighted by molar-refractivity contribution is 5.98. The average Bonchev–Trinajstić information content (AvgIpc) is 3.06. The van der Waals surface area contributed by atoms with Crippen molar-refractivity contribution in [1.29, 1.82) is 0 Å². The minimum Gasteiger partial charge on any atom is -0.508 e. The van der Waals surface area contributed by atoms with Gasteiger partial charge in [-0.05, 0) is 76.9 Å². The van der Waals surface area contributed by atoms with Crippen LogP contribution in [0.4, 0.5) is 0 Å². The molecule has 0 unspecified atom stereocenters. The zero-order valence-electron chi connectivity index (χ0n) is 17.3. The Kier molecular flexibility index (Phi) is 4.19. The van der Waals surface area contributed by atoms with Crippen molar-refractivity contribution in [1.82, 2.24) is 0 Å². The van der Waals surface area contributed by atoms with Crippen molar-refractivity contribution in [2.45, 2.75) is 20.3 Å². The summed E-state index contributed by atoms with van der Waals surface area (Å²) in [6.07, 6.45) is 0.701. The summed E-state index contributed by atoms with van der Waals surface area (Å²) >= 11 is 0. The Morgan fingerprint density at radius 1 is 0.581 bits per heavy atom. The van der Waals surface area contributed by atoms with Gasteiger partial charge >= 0.3 is 0 Å². The summed E-state index contributed by atoms with van der Waals surface area (Å²) < 4.78 is 0. The number of hydrogen-bond acceptors (Lipinski definition) is 4. The van der Waals surface area contributed by atoms with Gasteiger partial charge in [0.15, 0.2) is 0 Å². The van der Waals surface area contributed by atoms with Crippen molar-refractivity contribution >= 4 is 0 Å². The lowest BCUT2D eigenvalue weighted by molar-refractivity contribution is 0.449. The first kappa shape index (κ1) is 19.1. The highest BCUT2D eigenvalue weighted by atomic mass is 16.3. The maximum absolute atomic E-state index is 10.9. The van der Waals surface area contributed by atoms with Gasteiger partial charge in [-0.1, -0.05) is 36.4 Å². The summed E-state index contributed by atoms with van der Waals surface area (Å²) in [6, 6.07) is 18.2. The van der Waals surface area contributed by atoms with Gasteiger partial charge in [0.2, 0.25) is 0 Å². The first-order valence-corrected chi connectivity index (χ1v) is 10.1. The van der Waals surface area contributed by atoms with Crippen molar-refractivity contribution < 1.29 is 20.4 Å². The summed E-state index contributed by atoms with van der Waals surface area (Å²) in [5.41, 5.74) is 8.82. The van der Waals surface area contributed by atoms with Gasteiger partial charge in [0.25, 0.3) is 0 Å². The van der Waals surface area contributed by atoms with E-state index in [2.05, 4.69) is 18.2 Å². The third-order valence-electron chi connectivity index (χ3n) is 6.11. The molecule has 0 fully saturated rings. The molecule has 0 bridgehead atoms. The van der Waals surface area contributed by atoms with Crippen LogP contribution in [0.3, 0.4) is 0 Å². The number of phenols is 4. The van der Waals surface area contributed by atoms with Crippen molar-refractivity contribution in [3.8, 4) is 56.4 Å². The molecule has 4 heteroatoms. The van der Waals surface area contributed by atoms with Crippen molar-refractivity contribution in [3.63, 3.8) is 0 Å². The fraction of sp³-hybridized carbons (Fsp3) is 0.111. The number of phenolic OH excluding ortho intramolecular Hbond substituents is 4. The topological polar surface area (TPSA) is 80.9 Å². The van der Waals surface area contributed by atoms with E-state index < -0.39 is 0 Å². The van der Waals surface area contributed by atoms with Crippen LogP contribution in [-0.4, -0.2) is 20.4 Å². The monoisotopic (exact) mass is 410 g/mol. The smallest absolute Gasteiger partial charge is 0.127 e. The molecule has 0 radical (unpaired) electrons. The second-order valence-electron chi connectivity index (χ2n) is 8.16. The van der Waals surface area contributed by atoms with Gasteiger partial charge in [-0.3, -0.25) is 0 Å². The van der Waals surface area contributed by atoms with E-state index in [9.17, 15) is 20.4 Å². The van der Waals surface area contributed by atoms with Crippen LogP contribution in [0, 0.1) is 13.8 Å². The maximum atomic E-state index is 10.9. The molecule has 0 aliphatic heterocycles. The van der Waals surface area contributed by atoms with Crippen molar-refractivity contribution in [2.24, 2.45) is 0 Å². The Bertz CT molecular complexity index is 1320. The molecule has 0 aromatic heterocycles. The lowest BCUT2D eigenvalue weighted by Crippen LogP contribution is -1.97. The number of hydrogen-bond donors (Lipinski definition) is 4. The highest BCUT2D eigenvalue weighted by Gasteiger charge is 2.28. The molecule has 4 nitrogen and oxygen atoms in total. The molecule has 4 aromatic rings. The molecule has 0 amide bonds. The fourth-order valence-corrected chi connectivity index (χ4v) is 4.88. The molecule has 0 saturated carbocycles. The van der Waals surface area contributed by atoms with Gasteiger partial charge in [-0.25, -0.2) is 0 Å². The number of rotatable bonds is 2. The van der Waals surface area contributed by atoms with Crippen LogP contribution < -0.4 is 0 Å². The number of aromatic hydroxyl groups is 4. The quantitative estimate of drug-likeness (QED) is 0.286. The van der Waals surface area contributed by atoms with Crippen LogP contribution in [0.5, 0.6) is 23.0 Å². The minimum atomic E-state index is -0.0230. The van der Waals surface area contributed by atoms with Gasteiger partial charge in [-0.15, -0.1) is 0 Å². The van der Waals surface area contributed by atoms with Gasteiger partial charge in [0.1, 0.15) is 23.0 Å². The van der Waals surface area contributed by atoms with Crippen LogP contribution in [0.15, 0.2) is 60.7 Å². The van der Waals surface area contributed by atoms with E-state index in [1.54, 1.807) is 12.1 Å². The number of fused-ring (bicyclic) bond motifs is 3. The standard InChI is InChI=1S/C27H22O4/c1-14-9-17(28)12-23(30)25(14)21-8-7-20-19-6-4-3-5-16(19)11-22(20)27(21)26-15(2)10-18(29)13-24(26)31/h3-10,12-13,28-31H,11H2,1-2H3. The normalized spacial score (nSPS) is 11.9. The van der Waals surface area contributed by atoms with E-state index in [1.807, 2.05) is 32.0 Å². The molecule has 4 N–H and O–H groups in total. The molecule has 4 aromatic carbocycles. The molecular weight excluding hydrogens is 388 g/mol. The van der Waals surface area contributed by atoms with Crippen LogP contribution in [0.25, 0.3) is 33.4 Å². The predicted octanol–water partition coefficient (Wildman–Crippen LogP) is 6.03. The molecular formula is C27H22O4. The maximum Gasteiger partial charge on any atom is 0.127 e. The third-order valence-corrected chi connectivity index (χ3v) is 6.11. The predicted molar refractivity (Wildman–Crippen MR) is 122 cm³/mol. The van der Waals surface area contributed by atoms with Crippen LogP contribution in [0.2, 0.25) is 0 Å². The number of benzene rings is 4. The Morgan fingerprint density at radius 3 is 1.81 bits per heavy atom. The van der Waals surface area contributed by atoms with E-state index in [-0.39, 0.29) is 23.0 Å². The van der Waals surface area contributed by atoms with Crippen LogP contribution in [-0.2, 0) is 6.42 Å². The average molecular weight is 410 g/mol. The van der Waals surface area contributed by atoms with Gasteiger partial charge < -0.3 is 20.4 Å². The van der Waals surface area contributed by atoms with Gasteiger partial charge in [0, 0.05) is 23.3 Å². The number of aryl methyl sites for hydroxylation is 2. The summed E-state index contributed by atoms with van der Waals surface area (Å²) in [4.78, 5) is 0. The van der Waals surface area contributed by atoms with E-state index in [1.165, 1.54) is 17.7 Å². The molecule has 31 heavy (non-hydrogen) atoms. The zero-order chi connectivity index (χ0) is 21.9. The molecule has 0 spiro atoms. The largest absolute Gasteiger partial charge is 0.508 e. The Morgan fingerprint density at radius 2 is 1.16 bits per heavy atom. The third kappa shape index (κ3) is 2.91. The second-order valence-corrected chi connectivity index (χ2v) is 8.16. The summed E-state index contributed by atoms with van der Waals surface area (Å²) in [6.45, 7) is 3.69. The lowest BCUT2D eigenvalue weighted by atomic mass is 9.84. The summed E-state index contributed by atoms with van der Waals surface area (Å²) in [7, 11) is 0. The molecule has 1 aliphatic carbocycles. The van der Waals surface area contributed by atoms with Crippen molar-refractivity contribution in [2.75, 3.05) is 0 Å². The van der Waals surface area contributed by atoms with E-state index in [0.717, 1.165) is 38.9 Å². The Labute approximate surface area is 180 Å². The molecule has 154 valence electrons. The lowest BCUT2D eigenvalue weighted by Gasteiger charge is -2.20. The Hall–Kier alpha value is -3.92. The molecule has 0 atom stereocenters. The Balaban J connectivity index is 1.90. The molecule has 0 heterocycles. The molecule has 1 aliphatic rings. The van der Waals surface area contributed by atoms with E-state index in [4.69, 9.17) is 0 Å².